The fourth-order valence-corrected chi connectivity index (χ4v) is 1.31. The number of hydrogen-bond donors (Lipinski definition) is 1. The summed E-state index contributed by atoms with van der Waals surface area (Å²) in [5, 5.41) is 10.0. The van der Waals surface area contributed by atoms with Crippen LogP contribution < -0.4 is 4.74 Å². The molecule has 1 aromatic rings. The summed E-state index contributed by atoms with van der Waals surface area (Å²) >= 11 is 0. The monoisotopic (exact) mass is 222 g/mol. The number of ether oxygens (including phenoxy) is 1. The normalized spacial score (nSPS) is 11.2. The summed E-state index contributed by atoms with van der Waals surface area (Å²) in [6.07, 6.45) is 2.12. The predicted molar refractivity (Wildman–Crippen MR) is 62.9 cm³/mol. The standard InChI is InChI=1S/C13H18O3/c1-3-13(15,4-2)10-16-12-7-5-11(9-14)6-8-12/h5-9,15H,3-4,10H2,1-2H3. The van der Waals surface area contributed by atoms with Crippen molar-refractivity contribution in [3.63, 3.8) is 0 Å². The highest BCUT2D eigenvalue weighted by Gasteiger charge is 2.22. The van der Waals surface area contributed by atoms with Gasteiger partial charge in [-0.05, 0) is 37.1 Å². The van der Waals surface area contributed by atoms with Gasteiger partial charge >= 0.3 is 0 Å². The third kappa shape index (κ3) is 3.35. The Morgan fingerprint density at radius 1 is 1.25 bits per heavy atom. The highest BCUT2D eigenvalue weighted by molar-refractivity contribution is 5.74. The van der Waals surface area contributed by atoms with Crippen molar-refractivity contribution in [2.75, 3.05) is 6.61 Å². The summed E-state index contributed by atoms with van der Waals surface area (Å²) in [4.78, 5) is 10.4. The molecule has 1 aromatic carbocycles. The van der Waals surface area contributed by atoms with E-state index in [9.17, 15) is 9.90 Å². The highest BCUT2D eigenvalue weighted by Crippen LogP contribution is 2.18. The third-order valence-electron chi connectivity index (χ3n) is 2.84. The second kappa shape index (κ2) is 5.66. The summed E-state index contributed by atoms with van der Waals surface area (Å²) in [6.45, 7) is 4.14. The molecular weight excluding hydrogens is 204 g/mol. The van der Waals surface area contributed by atoms with Gasteiger partial charge in [0.25, 0.3) is 0 Å². The number of carbonyl (C=O) groups excluding carboxylic acids is 1. The summed E-state index contributed by atoms with van der Waals surface area (Å²) in [5.74, 6) is 0.672. The zero-order valence-corrected chi connectivity index (χ0v) is 9.77. The van der Waals surface area contributed by atoms with E-state index < -0.39 is 5.60 Å². The van der Waals surface area contributed by atoms with Crippen LogP contribution in [0, 0.1) is 0 Å². The van der Waals surface area contributed by atoms with Crippen LogP contribution in [0.15, 0.2) is 24.3 Å². The van der Waals surface area contributed by atoms with Gasteiger partial charge in [-0.1, -0.05) is 13.8 Å². The zero-order valence-electron chi connectivity index (χ0n) is 9.77. The number of hydrogen-bond acceptors (Lipinski definition) is 3. The molecule has 88 valence electrons. The Morgan fingerprint density at radius 3 is 2.25 bits per heavy atom. The van der Waals surface area contributed by atoms with Gasteiger partial charge in [-0.25, -0.2) is 0 Å². The van der Waals surface area contributed by atoms with Gasteiger partial charge in [-0.2, -0.15) is 0 Å². The topological polar surface area (TPSA) is 46.5 Å². The lowest BCUT2D eigenvalue weighted by Gasteiger charge is -2.25. The van der Waals surface area contributed by atoms with Crippen molar-refractivity contribution in [2.24, 2.45) is 0 Å². The zero-order chi connectivity index (χ0) is 12.0. The quantitative estimate of drug-likeness (QED) is 0.752. The Hall–Kier alpha value is -1.35. The van der Waals surface area contributed by atoms with Crippen LogP contribution in [0.25, 0.3) is 0 Å². The Kier molecular flexibility index (Phi) is 4.50. The molecule has 0 unspecified atom stereocenters. The minimum atomic E-state index is -0.761. The maximum absolute atomic E-state index is 10.4. The van der Waals surface area contributed by atoms with E-state index in [1.165, 1.54) is 0 Å². The van der Waals surface area contributed by atoms with E-state index in [1.54, 1.807) is 24.3 Å². The van der Waals surface area contributed by atoms with E-state index >= 15 is 0 Å². The van der Waals surface area contributed by atoms with Gasteiger partial charge in [0.15, 0.2) is 0 Å². The fourth-order valence-electron chi connectivity index (χ4n) is 1.31. The Labute approximate surface area is 96.1 Å². The van der Waals surface area contributed by atoms with Crippen molar-refractivity contribution >= 4 is 6.29 Å². The molecule has 0 saturated carbocycles. The predicted octanol–water partition coefficient (Wildman–Crippen LogP) is 2.43. The molecule has 3 nitrogen and oxygen atoms in total. The van der Waals surface area contributed by atoms with Crippen LogP contribution in [0.4, 0.5) is 0 Å². The van der Waals surface area contributed by atoms with Crippen molar-refractivity contribution in [2.45, 2.75) is 32.3 Å². The van der Waals surface area contributed by atoms with Crippen LogP contribution in [0.2, 0.25) is 0 Å². The van der Waals surface area contributed by atoms with Gasteiger partial charge in [0.1, 0.15) is 18.6 Å². The van der Waals surface area contributed by atoms with Crippen molar-refractivity contribution < 1.29 is 14.6 Å². The summed E-state index contributed by atoms with van der Waals surface area (Å²) < 4.78 is 5.49. The molecule has 0 aliphatic rings. The number of aliphatic hydroxyl groups is 1. The van der Waals surface area contributed by atoms with Gasteiger partial charge in [-0.3, -0.25) is 4.79 Å². The minimum absolute atomic E-state index is 0.278. The van der Waals surface area contributed by atoms with E-state index in [-0.39, 0.29) is 6.61 Å². The average molecular weight is 222 g/mol. The Morgan fingerprint density at radius 2 is 1.81 bits per heavy atom. The average Bonchev–Trinajstić information content (AvgIpc) is 2.36. The number of rotatable bonds is 6. The van der Waals surface area contributed by atoms with Crippen molar-refractivity contribution in [3.05, 3.63) is 29.8 Å². The molecule has 0 radical (unpaired) electrons. The van der Waals surface area contributed by atoms with Crippen LogP contribution >= 0.6 is 0 Å². The first-order valence-electron chi connectivity index (χ1n) is 5.54. The lowest BCUT2D eigenvalue weighted by Crippen LogP contribution is -2.34. The van der Waals surface area contributed by atoms with Gasteiger partial charge in [0.2, 0.25) is 0 Å². The molecule has 0 aliphatic carbocycles. The van der Waals surface area contributed by atoms with Crippen LogP contribution in [0.5, 0.6) is 5.75 Å². The Bertz CT molecular complexity index is 326. The smallest absolute Gasteiger partial charge is 0.150 e. The molecule has 0 aliphatic heterocycles. The molecular formula is C13H18O3. The molecule has 1 N–H and O–H groups in total. The molecule has 0 saturated heterocycles. The van der Waals surface area contributed by atoms with Gasteiger partial charge < -0.3 is 9.84 Å². The molecule has 0 bridgehead atoms. The van der Waals surface area contributed by atoms with Crippen LogP contribution in [-0.2, 0) is 0 Å². The maximum atomic E-state index is 10.4. The van der Waals surface area contributed by atoms with Crippen molar-refractivity contribution in [1.82, 2.24) is 0 Å². The lowest BCUT2D eigenvalue weighted by molar-refractivity contribution is -0.0113. The maximum Gasteiger partial charge on any atom is 0.150 e. The minimum Gasteiger partial charge on any atom is -0.491 e. The molecule has 0 heterocycles. The molecule has 0 spiro atoms. The van der Waals surface area contributed by atoms with Crippen molar-refractivity contribution in [1.29, 1.82) is 0 Å². The largest absolute Gasteiger partial charge is 0.491 e. The van der Waals surface area contributed by atoms with Gasteiger partial charge in [-0.15, -0.1) is 0 Å². The van der Waals surface area contributed by atoms with Crippen LogP contribution in [-0.4, -0.2) is 23.6 Å². The molecule has 1 rings (SSSR count). The summed E-state index contributed by atoms with van der Waals surface area (Å²) in [7, 11) is 0. The molecule has 16 heavy (non-hydrogen) atoms. The van der Waals surface area contributed by atoms with E-state index in [2.05, 4.69) is 0 Å². The van der Waals surface area contributed by atoms with Crippen LogP contribution in [0.3, 0.4) is 0 Å². The fraction of sp³-hybridized carbons (Fsp3) is 0.462. The highest BCUT2D eigenvalue weighted by atomic mass is 16.5. The Balaban J connectivity index is 2.57. The van der Waals surface area contributed by atoms with Crippen molar-refractivity contribution in [3.8, 4) is 5.75 Å². The van der Waals surface area contributed by atoms with E-state index in [4.69, 9.17) is 4.74 Å². The molecule has 0 atom stereocenters. The molecule has 0 amide bonds. The van der Waals surface area contributed by atoms with Gasteiger partial charge in [0, 0.05) is 5.56 Å². The van der Waals surface area contributed by atoms with Crippen LogP contribution in [0.1, 0.15) is 37.0 Å². The number of carbonyl (C=O) groups is 1. The van der Waals surface area contributed by atoms with E-state index in [1.807, 2.05) is 13.8 Å². The first kappa shape index (κ1) is 12.7. The first-order chi connectivity index (χ1) is 7.63. The van der Waals surface area contributed by atoms with Gasteiger partial charge in [0.05, 0.1) is 5.60 Å². The second-order valence-corrected chi connectivity index (χ2v) is 3.91. The SMILES string of the molecule is CCC(O)(CC)COc1ccc(C=O)cc1. The van der Waals surface area contributed by atoms with E-state index in [0.717, 1.165) is 6.29 Å². The number of benzene rings is 1. The summed E-state index contributed by atoms with van der Waals surface area (Å²) in [5.41, 5.74) is -0.142. The third-order valence-corrected chi connectivity index (χ3v) is 2.84. The molecule has 0 aromatic heterocycles. The van der Waals surface area contributed by atoms with E-state index in [0.29, 0.717) is 24.2 Å². The second-order valence-electron chi connectivity index (χ2n) is 3.91. The lowest BCUT2D eigenvalue weighted by atomic mass is 9.99. The molecule has 0 fully saturated rings. The first-order valence-corrected chi connectivity index (χ1v) is 5.54. The summed E-state index contributed by atoms with van der Waals surface area (Å²) in [6, 6.07) is 6.85. The molecule has 3 heteroatoms. The number of aldehydes is 1.